The molecule has 3 rings (SSSR count). The zero-order chi connectivity index (χ0) is 19.2. The van der Waals surface area contributed by atoms with Crippen LogP contribution in [0.2, 0.25) is 0 Å². The van der Waals surface area contributed by atoms with E-state index in [4.69, 9.17) is 19.1 Å². The number of rotatable bonds is 7. The van der Waals surface area contributed by atoms with Gasteiger partial charge in [0, 0.05) is 10.9 Å². The van der Waals surface area contributed by atoms with Crippen LogP contribution in [0.4, 0.5) is 0 Å². The van der Waals surface area contributed by atoms with Crippen molar-refractivity contribution < 1.29 is 28.7 Å². The average Bonchev–Trinajstić information content (AvgIpc) is 3.14. The molecule has 27 heavy (non-hydrogen) atoms. The smallest absolute Gasteiger partial charge is 0.287 e. The third kappa shape index (κ3) is 4.36. The molecule has 0 aliphatic heterocycles. The molecule has 0 aliphatic rings. The van der Waals surface area contributed by atoms with Gasteiger partial charge in [-0.25, -0.2) is 5.48 Å². The van der Waals surface area contributed by atoms with Crippen molar-refractivity contribution in [3.05, 3.63) is 59.9 Å². The van der Waals surface area contributed by atoms with Crippen molar-refractivity contribution in [3.8, 4) is 11.5 Å². The summed E-state index contributed by atoms with van der Waals surface area (Å²) in [6, 6.07) is 13.2. The van der Waals surface area contributed by atoms with E-state index in [9.17, 15) is 9.59 Å². The molecule has 140 valence electrons. The fourth-order valence-electron chi connectivity index (χ4n) is 2.45. The Balaban J connectivity index is 1.50. The van der Waals surface area contributed by atoms with Crippen LogP contribution in [0.5, 0.6) is 11.5 Å². The minimum atomic E-state index is -0.600. The summed E-state index contributed by atoms with van der Waals surface area (Å²) in [6.07, 6.45) is 0. The lowest BCUT2D eigenvalue weighted by Gasteiger charge is -2.07. The third-order valence-corrected chi connectivity index (χ3v) is 3.82. The van der Waals surface area contributed by atoms with Crippen molar-refractivity contribution in [2.45, 2.75) is 0 Å². The predicted octanol–water partition coefficient (Wildman–Crippen LogP) is 2.37. The first-order valence-electron chi connectivity index (χ1n) is 8.14. The first-order chi connectivity index (χ1) is 13.1. The second-order valence-electron chi connectivity index (χ2n) is 5.58. The second-order valence-corrected chi connectivity index (χ2v) is 5.58. The van der Waals surface area contributed by atoms with E-state index >= 15 is 0 Å². The van der Waals surface area contributed by atoms with Crippen LogP contribution in [-0.4, -0.2) is 37.3 Å². The van der Waals surface area contributed by atoms with E-state index in [0.29, 0.717) is 22.6 Å². The van der Waals surface area contributed by atoms with E-state index in [1.807, 2.05) is 0 Å². The molecule has 0 fully saturated rings. The molecule has 0 spiro atoms. The number of hydrogen-bond donors (Lipinski definition) is 3. The van der Waals surface area contributed by atoms with Gasteiger partial charge in [-0.15, -0.1) is 0 Å². The number of hydrogen-bond acceptors (Lipinski definition) is 6. The van der Waals surface area contributed by atoms with Gasteiger partial charge in [0.05, 0.1) is 13.7 Å². The van der Waals surface area contributed by atoms with E-state index in [2.05, 4.69) is 5.32 Å². The Hall–Kier alpha value is -3.52. The third-order valence-electron chi connectivity index (χ3n) is 3.82. The van der Waals surface area contributed by atoms with Gasteiger partial charge in [0.1, 0.15) is 23.7 Å². The molecule has 0 bridgehead atoms. The van der Waals surface area contributed by atoms with Crippen LogP contribution in [0.3, 0.4) is 0 Å². The highest BCUT2D eigenvalue weighted by Gasteiger charge is 2.12. The first-order valence-corrected chi connectivity index (χ1v) is 8.14. The van der Waals surface area contributed by atoms with Gasteiger partial charge in [-0.1, -0.05) is 0 Å². The van der Waals surface area contributed by atoms with Gasteiger partial charge < -0.3 is 19.2 Å². The van der Waals surface area contributed by atoms with Crippen LogP contribution >= 0.6 is 0 Å². The maximum Gasteiger partial charge on any atom is 0.287 e. The Morgan fingerprint density at radius 2 is 1.78 bits per heavy atom. The van der Waals surface area contributed by atoms with Crippen molar-refractivity contribution >= 4 is 22.8 Å². The largest absolute Gasteiger partial charge is 0.497 e. The zero-order valence-electron chi connectivity index (χ0n) is 14.5. The van der Waals surface area contributed by atoms with Gasteiger partial charge in [-0.2, -0.15) is 0 Å². The fourth-order valence-corrected chi connectivity index (χ4v) is 2.45. The van der Waals surface area contributed by atoms with Gasteiger partial charge in [-0.05, 0) is 48.5 Å². The van der Waals surface area contributed by atoms with Gasteiger partial charge in [-0.3, -0.25) is 14.8 Å². The molecule has 0 atom stereocenters. The highest BCUT2D eigenvalue weighted by Crippen LogP contribution is 2.24. The molecule has 8 nitrogen and oxygen atoms in total. The van der Waals surface area contributed by atoms with Crippen LogP contribution < -0.4 is 20.3 Å². The van der Waals surface area contributed by atoms with Crippen LogP contribution in [0.1, 0.15) is 20.9 Å². The molecule has 3 aromatic rings. The Kier molecular flexibility index (Phi) is 5.58. The van der Waals surface area contributed by atoms with E-state index in [0.717, 1.165) is 5.39 Å². The predicted molar refractivity (Wildman–Crippen MR) is 96.3 cm³/mol. The number of ether oxygens (including phenoxy) is 2. The highest BCUT2D eigenvalue weighted by molar-refractivity contribution is 5.96. The number of benzene rings is 2. The summed E-state index contributed by atoms with van der Waals surface area (Å²) in [7, 11) is 1.57. The number of carbonyl (C=O) groups excluding carboxylic acids is 2. The van der Waals surface area contributed by atoms with Gasteiger partial charge in [0.25, 0.3) is 11.8 Å². The van der Waals surface area contributed by atoms with E-state index < -0.39 is 5.91 Å². The van der Waals surface area contributed by atoms with Crippen LogP contribution in [-0.2, 0) is 0 Å². The van der Waals surface area contributed by atoms with Crippen molar-refractivity contribution in [1.82, 2.24) is 10.8 Å². The molecule has 0 radical (unpaired) electrons. The molecule has 1 heterocycles. The fraction of sp³-hybridized carbons (Fsp3) is 0.158. The molecule has 0 saturated heterocycles. The quantitative estimate of drug-likeness (QED) is 0.335. The Bertz CT molecular complexity index is 948. The number of hydroxylamine groups is 1. The zero-order valence-corrected chi connectivity index (χ0v) is 14.5. The lowest BCUT2D eigenvalue weighted by atomic mass is 10.2. The van der Waals surface area contributed by atoms with E-state index in [1.165, 1.54) is 12.1 Å². The summed E-state index contributed by atoms with van der Waals surface area (Å²) in [5, 5.41) is 12.1. The number of amides is 2. The molecular weight excluding hydrogens is 352 g/mol. The van der Waals surface area contributed by atoms with Gasteiger partial charge in [0.2, 0.25) is 0 Å². The standard InChI is InChI=1S/C19H18N2O6/c1-25-15-6-7-16-13(10-15)11-17(27-16)19(23)20-8-9-26-14-4-2-12(3-5-14)18(22)21-24/h2-7,10-11,24H,8-9H2,1H3,(H,20,23)(H,21,22). The number of nitrogens with one attached hydrogen (secondary N) is 2. The lowest BCUT2D eigenvalue weighted by molar-refractivity contribution is 0.0706. The summed E-state index contributed by atoms with van der Waals surface area (Å²) >= 11 is 0. The van der Waals surface area contributed by atoms with Crippen molar-refractivity contribution in [3.63, 3.8) is 0 Å². The minimum absolute atomic E-state index is 0.206. The highest BCUT2D eigenvalue weighted by atomic mass is 16.5. The maximum atomic E-state index is 12.2. The second kappa shape index (κ2) is 8.24. The Morgan fingerprint density at radius 1 is 1.04 bits per heavy atom. The number of furan rings is 1. The normalized spacial score (nSPS) is 10.4. The molecule has 1 aromatic heterocycles. The Morgan fingerprint density at radius 3 is 2.48 bits per heavy atom. The van der Waals surface area contributed by atoms with Crippen molar-refractivity contribution in [2.24, 2.45) is 0 Å². The summed E-state index contributed by atoms with van der Waals surface area (Å²) < 4.78 is 16.2. The summed E-state index contributed by atoms with van der Waals surface area (Å²) in [5.41, 5.74) is 2.46. The molecule has 3 N–H and O–H groups in total. The monoisotopic (exact) mass is 370 g/mol. The number of fused-ring (bicyclic) bond motifs is 1. The van der Waals surface area contributed by atoms with Crippen LogP contribution in [0, 0.1) is 0 Å². The SMILES string of the molecule is COc1ccc2oc(C(=O)NCCOc3ccc(C(=O)NO)cc3)cc2c1. The molecular formula is C19H18N2O6. The molecule has 2 aromatic carbocycles. The molecule has 2 amide bonds. The molecule has 0 saturated carbocycles. The summed E-state index contributed by atoms with van der Waals surface area (Å²) in [4.78, 5) is 23.4. The number of methoxy groups -OCH3 is 1. The van der Waals surface area contributed by atoms with E-state index in [-0.39, 0.29) is 24.8 Å². The van der Waals surface area contributed by atoms with Crippen molar-refractivity contribution in [1.29, 1.82) is 0 Å². The van der Waals surface area contributed by atoms with Crippen molar-refractivity contribution in [2.75, 3.05) is 20.3 Å². The molecule has 0 unspecified atom stereocenters. The molecule has 0 aliphatic carbocycles. The number of carbonyl (C=O) groups is 2. The van der Waals surface area contributed by atoms with Gasteiger partial charge in [0.15, 0.2) is 5.76 Å². The maximum absolute atomic E-state index is 12.2. The summed E-state index contributed by atoms with van der Waals surface area (Å²) in [5.74, 6) is 0.485. The first kappa shape index (κ1) is 18.3. The van der Waals surface area contributed by atoms with Crippen LogP contribution in [0.15, 0.2) is 52.9 Å². The van der Waals surface area contributed by atoms with E-state index in [1.54, 1.807) is 49.0 Å². The van der Waals surface area contributed by atoms with Crippen LogP contribution in [0.25, 0.3) is 11.0 Å². The average molecular weight is 370 g/mol. The Labute approximate surface area is 154 Å². The molecule has 8 heteroatoms. The topological polar surface area (TPSA) is 110 Å². The lowest BCUT2D eigenvalue weighted by Crippen LogP contribution is -2.27. The summed E-state index contributed by atoms with van der Waals surface area (Å²) in [6.45, 7) is 0.517. The minimum Gasteiger partial charge on any atom is -0.497 e. The van der Waals surface area contributed by atoms with Gasteiger partial charge >= 0.3 is 0 Å².